The van der Waals surface area contributed by atoms with E-state index in [0.717, 1.165) is 22.6 Å². The summed E-state index contributed by atoms with van der Waals surface area (Å²) in [7, 11) is 0. The molecule has 1 saturated heterocycles. The summed E-state index contributed by atoms with van der Waals surface area (Å²) in [6.45, 7) is 0. The molecule has 0 spiro atoms. The number of nitrogens with two attached hydrogens (primary N) is 2. The number of carbonyl (C=O) groups is 4. The fourth-order valence-corrected chi connectivity index (χ4v) is 8.40. The molecular formula is C21H20ClN9O6S4. The van der Waals surface area contributed by atoms with E-state index in [-0.39, 0.29) is 26.6 Å². The zero-order valence-electron chi connectivity index (χ0n) is 20.5. The van der Waals surface area contributed by atoms with Crippen molar-refractivity contribution in [2.45, 2.75) is 33.4 Å². The van der Waals surface area contributed by atoms with Crippen LogP contribution in [0.15, 0.2) is 49.0 Å². The minimum absolute atomic E-state index is 0.0184. The number of β-lactam (4-membered cyclic amide) rings is 1. The smallest absolute Gasteiger partial charge is 0.353 e. The number of anilines is 1. The molecule has 0 aliphatic carbocycles. The van der Waals surface area contributed by atoms with Crippen molar-refractivity contribution in [3.05, 3.63) is 44.0 Å². The Bertz CT molecular complexity index is 1440. The molecule has 0 aromatic carbocycles. The van der Waals surface area contributed by atoms with E-state index in [1.165, 1.54) is 35.3 Å². The number of halogens is 1. The van der Waals surface area contributed by atoms with Crippen molar-refractivity contribution in [3.63, 3.8) is 0 Å². The number of carboxylic acids is 1. The zero-order valence-corrected chi connectivity index (χ0v) is 24.5. The molecule has 4 rings (SSSR count). The van der Waals surface area contributed by atoms with Gasteiger partial charge in [0.2, 0.25) is 12.5 Å². The Hall–Kier alpha value is -3.39. The van der Waals surface area contributed by atoms with Gasteiger partial charge in [-0.1, -0.05) is 34.7 Å². The van der Waals surface area contributed by atoms with Gasteiger partial charge in [-0.3, -0.25) is 29.3 Å². The van der Waals surface area contributed by atoms with Crippen molar-refractivity contribution in [1.29, 1.82) is 0 Å². The predicted octanol–water partition coefficient (Wildman–Crippen LogP) is 1.22. The molecule has 0 saturated carbocycles. The van der Waals surface area contributed by atoms with Gasteiger partial charge >= 0.3 is 5.97 Å². The minimum Gasteiger partial charge on any atom is -0.477 e. The quantitative estimate of drug-likeness (QED) is 0.0509. The third-order valence-corrected chi connectivity index (χ3v) is 10.6. The Balaban J connectivity index is 1.51. The summed E-state index contributed by atoms with van der Waals surface area (Å²) in [5.74, 6) is -2.34. The van der Waals surface area contributed by atoms with Gasteiger partial charge in [0.1, 0.15) is 33.3 Å². The van der Waals surface area contributed by atoms with E-state index in [9.17, 15) is 29.2 Å². The standard InChI is InChI=1S/C21H20ClN9O6S4/c22-16-12(29-21(24)41-16)13(30-37)17(33)28-14-18(34)31-15(20(35)36)10(4-39-19(14)31)40-8-1-2-25-3-9(8)38-5-11(26-6-23)27-7-32/h1-3,6-7,11,13-14,19H,4-5H2,(H2,23,26)(H2,24,29)(H,27,32)(H,28,33)(H,35,36)/t11?,13?,14-,19+/m1/s1. The van der Waals surface area contributed by atoms with E-state index in [1.807, 2.05) is 0 Å². The van der Waals surface area contributed by atoms with Crippen molar-refractivity contribution >= 4 is 93.9 Å². The molecule has 2 aromatic heterocycles. The number of nitrogens with zero attached hydrogens (tertiary/aromatic N) is 5. The van der Waals surface area contributed by atoms with Crippen LogP contribution >= 0.6 is 58.2 Å². The predicted molar refractivity (Wildman–Crippen MR) is 156 cm³/mol. The Morgan fingerprint density at radius 2 is 2.17 bits per heavy atom. The molecule has 2 unspecified atom stereocenters. The zero-order chi connectivity index (χ0) is 29.7. The van der Waals surface area contributed by atoms with Crippen LogP contribution in [0.4, 0.5) is 5.13 Å². The lowest BCUT2D eigenvalue weighted by atomic mass is 10.0. The maximum absolute atomic E-state index is 13.1. The second-order valence-corrected chi connectivity index (χ2v) is 13.0. The number of aliphatic imine (C=N–C) groups is 1. The van der Waals surface area contributed by atoms with Gasteiger partial charge < -0.3 is 27.2 Å². The number of carbonyl (C=O) groups excluding carboxylic acids is 3. The van der Waals surface area contributed by atoms with Gasteiger partial charge in [-0.2, -0.15) is 0 Å². The van der Waals surface area contributed by atoms with E-state index in [1.54, 1.807) is 18.5 Å². The highest BCUT2D eigenvalue weighted by Crippen LogP contribution is 2.46. The van der Waals surface area contributed by atoms with Gasteiger partial charge in [0.15, 0.2) is 5.13 Å². The first-order chi connectivity index (χ1) is 19.7. The Labute approximate surface area is 253 Å². The number of rotatable bonds is 13. The summed E-state index contributed by atoms with van der Waals surface area (Å²) in [6, 6.07) is -1.02. The number of aliphatic carboxylic acids is 1. The number of amides is 3. The van der Waals surface area contributed by atoms with Crippen LogP contribution in [0.1, 0.15) is 11.7 Å². The van der Waals surface area contributed by atoms with Crippen molar-refractivity contribution in [2.24, 2.45) is 15.9 Å². The topological polar surface area (TPSA) is 235 Å². The van der Waals surface area contributed by atoms with Crippen molar-refractivity contribution in [1.82, 2.24) is 25.5 Å². The molecule has 15 nitrogen and oxygen atoms in total. The lowest BCUT2D eigenvalue weighted by Crippen LogP contribution is -2.70. The third kappa shape index (κ3) is 6.58. The van der Waals surface area contributed by atoms with Gasteiger partial charge in [0.25, 0.3) is 11.8 Å². The third-order valence-electron chi connectivity index (χ3n) is 5.58. The normalized spacial score (nSPS) is 19.7. The molecule has 7 N–H and O–H groups in total. The molecule has 4 heterocycles. The number of carboxylic acid groups (broad SMARTS) is 1. The van der Waals surface area contributed by atoms with Crippen molar-refractivity contribution < 1.29 is 24.3 Å². The average molecular weight is 658 g/mol. The number of nitrogens with one attached hydrogen (secondary N) is 2. The monoisotopic (exact) mass is 657 g/mol. The van der Waals surface area contributed by atoms with E-state index in [4.69, 9.17) is 23.1 Å². The van der Waals surface area contributed by atoms with Crippen LogP contribution in [0.2, 0.25) is 4.34 Å². The largest absolute Gasteiger partial charge is 0.477 e. The Morgan fingerprint density at radius 1 is 1.39 bits per heavy atom. The van der Waals surface area contributed by atoms with Crippen LogP contribution in [0, 0.1) is 4.91 Å². The fourth-order valence-electron chi connectivity index (χ4n) is 3.80. The average Bonchev–Trinajstić information content (AvgIpc) is 3.28. The minimum atomic E-state index is -1.63. The summed E-state index contributed by atoms with van der Waals surface area (Å²) in [5.41, 5.74) is 10.6. The van der Waals surface area contributed by atoms with Crippen LogP contribution in [-0.2, 0) is 19.2 Å². The second-order valence-electron chi connectivity index (χ2n) is 8.03. The SMILES string of the molecule is NC=NC(CSc1cnccc1SC1=C(C(=O)O)N2C(=O)[C@@H](NC(=O)C(N=O)c3nc(N)sc3Cl)[C@@H]2SC1)NC=O. The molecule has 2 aliphatic heterocycles. The molecule has 2 aromatic rings. The van der Waals surface area contributed by atoms with Gasteiger partial charge in [0, 0.05) is 38.6 Å². The number of nitrogen functional groups attached to an aromatic ring is 1. The Kier molecular flexibility index (Phi) is 10.1. The highest BCUT2D eigenvalue weighted by Gasteiger charge is 2.55. The lowest BCUT2D eigenvalue weighted by Gasteiger charge is -2.49. The lowest BCUT2D eigenvalue weighted by molar-refractivity contribution is -0.150. The summed E-state index contributed by atoms with van der Waals surface area (Å²) >= 11 is 10.6. The molecule has 216 valence electrons. The number of thiazole rings is 1. The van der Waals surface area contributed by atoms with Crippen molar-refractivity contribution in [3.8, 4) is 0 Å². The molecule has 20 heteroatoms. The van der Waals surface area contributed by atoms with Gasteiger partial charge in [-0.25, -0.2) is 9.78 Å². The number of thioether (sulfide) groups is 3. The molecule has 0 bridgehead atoms. The summed E-state index contributed by atoms with van der Waals surface area (Å²) in [4.78, 5) is 75.3. The van der Waals surface area contributed by atoms with Crippen LogP contribution in [0.25, 0.3) is 0 Å². The number of hydrogen-bond acceptors (Lipinski definition) is 14. The molecule has 3 amide bonds. The van der Waals surface area contributed by atoms with E-state index in [0.29, 0.717) is 26.9 Å². The summed E-state index contributed by atoms with van der Waals surface area (Å²) in [5, 5.41) is 17.1. The van der Waals surface area contributed by atoms with Crippen LogP contribution in [0.5, 0.6) is 0 Å². The maximum atomic E-state index is 13.1. The maximum Gasteiger partial charge on any atom is 0.353 e. The molecule has 4 atom stereocenters. The van der Waals surface area contributed by atoms with Crippen LogP contribution in [0.3, 0.4) is 0 Å². The highest BCUT2D eigenvalue weighted by molar-refractivity contribution is 8.07. The number of pyridine rings is 1. The van der Waals surface area contributed by atoms with Gasteiger partial charge in [-0.15, -0.1) is 28.4 Å². The van der Waals surface area contributed by atoms with Gasteiger partial charge in [0.05, 0.1) is 6.34 Å². The van der Waals surface area contributed by atoms with Crippen LogP contribution < -0.4 is 22.1 Å². The number of aromatic nitrogens is 2. The summed E-state index contributed by atoms with van der Waals surface area (Å²) < 4.78 is 0.0184. The first kappa shape index (κ1) is 30.6. The van der Waals surface area contributed by atoms with E-state index < -0.39 is 41.4 Å². The molecular weight excluding hydrogens is 638 g/mol. The molecule has 2 aliphatic rings. The first-order valence-corrected chi connectivity index (χ1v) is 15.4. The number of fused-ring (bicyclic) bond motifs is 1. The Morgan fingerprint density at radius 3 is 2.80 bits per heavy atom. The van der Waals surface area contributed by atoms with E-state index >= 15 is 0 Å². The first-order valence-electron chi connectivity index (χ1n) is 11.3. The van der Waals surface area contributed by atoms with Crippen molar-refractivity contribution in [2.75, 3.05) is 17.2 Å². The fraction of sp³-hybridized carbons (Fsp3) is 0.286. The van der Waals surface area contributed by atoms with Crippen LogP contribution in [-0.4, -0.2) is 79.6 Å². The van der Waals surface area contributed by atoms with Gasteiger partial charge in [-0.05, 0) is 11.2 Å². The number of nitroso groups, excluding NO2 is 1. The molecule has 1 fully saturated rings. The second kappa shape index (κ2) is 13.5. The molecule has 41 heavy (non-hydrogen) atoms. The highest BCUT2D eigenvalue weighted by atomic mass is 35.5. The number of hydrogen-bond donors (Lipinski definition) is 5. The van der Waals surface area contributed by atoms with E-state index in [2.05, 4.69) is 30.8 Å². The summed E-state index contributed by atoms with van der Waals surface area (Å²) in [6.07, 6.45) is 4.15. The molecule has 0 radical (unpaired) electrons.